The fraction of sp³-hybridized carbons (Fsp3) is 0.182. The Morgan fingerprint density at radius 3 is 1.51 bits per heavy atom. The third-order valence-corrected chi connectivity index (χ3v) is 7.50. The molecule has 10 nitrogen and oxygen atoms in total. The van der Waals surface area contributed by atoms with Crippen LogP contribution in [0.1, 0.15) is 25.0 Å². The smallest absolute Gasteiger partial charge is 0.250 e. The summed E-state index contributed by atoms with van der Waals surface area (Å²) in [5, 5.41) is 34.8. The van der Waals surface area contributed by atoms with E-state index in [0.29, 0.717) is 20.1 Å². The van der Waals surface area contributed by atoms with Crippen LogP contribution in [0.25, 0.3) is 0 Å². The summed E-state index contributed by atoms with van der Waals surface area (Å²) >= 11 is 3.73. The van der Waals surface area contributed by atoms with Crippen LogP contribution in [0.15, 0.2) is 67.4 Å². The normalized spacial score (nSPS) is 11.8. The van der Waals surface area contributed by atoms with Gasteiger partial charge in [0.1, 0.15) is 11.5 Å². The molecule has 2 amide bonds. The quantitative estimate of drug-likeness (QED) is 0.177. The summed E-state index contributed by atoms with van der Waals surface area (Å²) < 4.78 is 1.20. The second-order valence-corrected chi connectivity index (χ2v) is 10.4. The first-order valence-corrected chi connectivity index (χ1v) is 12.9. The van der Waals surface area contributed by atoms with Crippen molar-refractivity contribution in [2.45, 2.75) is 22.5 Å². The Morgan fingerprint density at radius 2 is 1.14 bits per heavy atom. The molecule has 0 aliphatic carbocycles. The van der Waals surface area contributed by atoms with E-state index >= 15 is 0 Å². The molecule has 3 aromatic rings. The van der Waals surface area contributed by atoms with Crippen molar-refractivity contribution >= 4 is 58.1 Å². The lowest BCUT2D eigenvalue weighted by molar-refractivity contribution is -0.119. The van der Waals surface area contributed by atoms with Crippen LogP contribution in [0.5, 0.6) is 11.5 Å². The predicted molar refractivity (Wildman–Crippen MR) is 138 cm³/mol. The van der Waals surface area contributed by atoms with Gasteiger partial charge in [0, 0.05) is 0 Å². The molecule has 0 saturated carbocycles. The standard InChI is InChI=1S/C22H22N6O4S3/c1-13(15-3-7-17(29)8-4-15)23-25-19(31)11-33-21-27-28-22(35-21)34-12-20(32)26-24-14(2)16-5-9-18(30)10-6-16/h3-10,29-30H,11-12H2,1-2H3,(H,25,31)(H,26,32). The topological polar surface area (TPSA) is 149 Å². The Hall–Kier alpha value is -3.42. The van der Waals surface area contributed by atoms with Crippen LogP contribution in [0.4, 0.5) is 0 Å². The van der Waals surface area contributed by atoms with E-state index in [2.05, 4.69) is 31.3 Å². The number of aromatic nitrogens is 2. The minimum absolute atomic E-state index is 0.109. The van der Waals surface area contributed by atoms with Crippen LogP contribution in [0, 0.1) is 0 Å². The molecule has 1 aromatic heterocycles. The predicted octanol–water partition coefficient (Wildman–Crippen LogP) is 3.21. The number of hydrogen-bond donors (Lipinski definition) is 4. The molecule has 13 heteroatoms. The van der Waals surface area contributed by atoms with Crippen LogP contribution in [-0.2, 0) is 9.59 Å². The first-order chi connectivity index (χ1) is 16.8. The van der Waals surface area contributed by atoms with Gasteiger partial charge in [-0.25, -0.2) is 10.9 Å². The van der Waals surface area contributed by atoms with Gasteiger partial charge < -0.3 is 10.2 Å². The molecule has 0 atom stereocenters. The zero-order chi connectivity index (χ0) is 25.2. The Labute approximate surface area is 214 Å². The highest BCUT2D eigenvalue weighted by molar-refractivity contribution is 8.03. The molecule has 0 bridgehead atoms. The number of nitrogens with zero attached hydrogens (tertiary/aromatic N) is 4. The lowest BCUT2D eigenvalue weighted by Crippen LogP contribution is -2.21. The molecule has 0 unspecified atom stereocenters. The zero-order valence-corrected chi connectivity index (χ0v) is 21.2. The largest absolute Gasteiger partial charge is 0.508 e. The van der Waals surface area contributed by atoms with E-state index in [1.165, 1.54) is 34.9 Å². The second kappa shape index (κ2) is 12.9. The maximum Gasteiger partial charge on any atom is 0.250 e. The number of phenolic OH excluding ortho intramolecular Hbond substituents is 2. The molecule has 35 heavy (non-hydrogen) atoms. The van der Waals surface area contributed by atoms with Crippen molar-refractivity contribution < 1.29 is 19.8 Å². The van der Waals surface area contributed by atoms with Crippen molar-refractivity contribution in [1.29, 1.82) is 0 Å². The summed E-state index contributed by atoms with van der Waals surface area (Å²) in [4.78, 5) is 24.1. The van der Waals surface area contributed by atoms with Crippen molar-refractivity contribution in [3.05, 3.63) is 59.7 Å². The number of benzene rings is 2. The SMILES string of the molecule is CC(=NNC(=O)CSc1nnc(SCC(=O)NN=C(C)c2ccc(O)cc2)s1)c1ccc(O)cc1. The highest BCUT2D eigenvalue weighted by Crippen LogP contribution is 2.28. The maximum absolute atomic E-state index is 12.1. The van der Waals surface area contributed by atoms with Crippen LogP contribution in [-0.4, -0.2) is 55.2 Å². The van der Waals surface area contributed by atoms with Crippen LogP contribution in [0.2, 0.25) is 0 Å². The van der Waals surface area contributed by atoms with Gasteiger partial charge in [0.15, 0.2) is 8.68 Å². The number of hydrogen-bond acceptors (Lipinski definition) is 11. The zero-order valence-electron chi connectivity index (χ0n) is 18.8. The molecule has 0 aliphatic heterocycles. The van der Waals surface area contributed by atoms with Gasteiger partial charge in [-0.2, -0.15) is 10.2 Å². The lowest BCUT2D eigenvalue weighted by atomic mass is 10.1. The average Bonchev–Trinajstić information content (AvgIpc) is 3.32. The van der Waals surface area contributed by atoms with E-state index in [0.717, 1.165) is 11.1 Å². The number of thioether (sulfide) groups is 2. The van der Waals surface area contributed by atoms with Crippen LogP contribution >= 0.6 is 34.9 Å². The fourth-order valence-electron chi connectivity index (χ4n) is 2.46. The molecule has 4 N–H and O–H groups in total. The summed E-state index contributed by atoms with van der Waals surface area (Å²) in [6, 6.07) is 13.0. The number of hydrazone groups is 2. The number of carbonyl (C=O) groups is 2. The van der Waals surface area contributed by atoms with Gasteiger partial charge in [0.2, 0.25) is 0 Å². The van der Waals surface area contributed by atoms with Crippen molar-refractivity contribution in [3.63, 3.8) is 0 Å². The van der Waals surface area contributed by atoms with E-state index < -0.39 is 0 Å². The lowest BCUT2D eigenvalue weighted by Gasteiger charge is -2.02. The van der Waals surface area contributed by atoms with E-state index in [9.17, 15) is 19.8 Å². The van der Waals surface area contributed by atoms with E-state index in [1.807, 2.05) is 0 Å². The Kier molecular flexibility index (Phi) is 9.64. The van der Waals surface area contributed by atoms with Gasteiger partial charge in [-0.15, -0.1) is 10.2 Å². The van der Waals surface area contributed by atoms with Gasteiger partial charge in [-0.3, -0.25) is 9.59 Å². The second-order valence-electron chi connectivity index (χ2n) is 6.97. The van der Waals surface area contributed by atoms with Gasteiger partial charge >= 0.3 is 0 Å². The number of rotatable bonds is 10. The minimum atomic E-state index is -0.293. The molecule has 0 aliphatic rings. The van der Waals surface area contributed by atoms with Crippen molar-refractivity contribution in [1.82, 2.24) is 21.0 Å². The first-order valence-electron chi connectivity index (χ1n) is 10.1. The summed E-state index contributed by atoms with van der Waals surface area (Å²) in [6.07, 6.45) is 0. The van der Waals surface area contributed by atoms with Crippen LogP contribution < -0.4 is 10.9 Å². The number of phenols is 2. The van der Waals surface area contributed by atoms with Crippen molar-refractivity contribution in [2.24, 2.45) is 10.2 Å². The summed E-state index contributed by atoms with van der Waals surface area (Å²) in [7, 11) is 0. The number of amides is 2. The Morgan fingerprint density at radius 1 is 0.771 bits per heavy atom. The van der Waals surface area contributed by atoms with E-state index in [4.69, 9.17) is 0 Å². The minimum Gasteiger partial charge on any atom is -0.508 e. The maximum atomic E-state index is 12.1. The molecule has 0 fully saturated rings. The van der Waals surface area contributed by atoms with Gasteiger partial charge in [-0.1, -0.05) is 34.9 Å². The third-order valence-electron chi connectivity index (χ3n) is 4.31. The molecule has 2 aromatic carbocycles. The first kappa shape index (κ1) is 26.2. The molecular formula is C22H22N6O4S3. The fourth-order valence-corrected chi connectivity index (χ4v) is 5.06. The van der Waals surface area contributed by atoms with Crippen LogP contribution in [0.3, 0.4) is 0 Å². The van der Waals surface area contributed by atoms with Gasteiger partial charge in [0.05, 0.1) is 22.9 Å². The summed E-state index contributed by atoms with van der Waals surface area (Å²) in [5.41, 5.74) is 7.77. The molecular weight excluding hydrogens is 508 g/mol. The van der Waals surface area contributed by atoms with E-state index in [-0.39, 0.29) is 34.8 Å². The molecule has 0 radical (unpaired) electrons. The van der Waals surface area contributed by atoms with Crippen molar-refractivity contribution in [2.75, 3.05) is 11.5 Å². The molecule has 3 rings (SSSR count). The highest BCUT2D eigenvalue weighted by Gasteiger charge is 2.11. The van der Waals surface area contributed by atoms with E-state index in [1.54, 1.807) is 62.4 Å². The number of carbonyl (C=O) groups excluding carboxylic acids is 2. The van der Waals surface area contributed by atoms with Crippen molar-refractivity contribution in [3.8, 4) is 11.5 Å². The monoisotopic (exact) mass is 530 g/mol. The van der Waals surface area contributed by atoms with Gasteiger partial charge in [0.25, 0.3) is 11.8 Å². The molecule has 0 spiro atoms. The Bertz CT molecular complexity index is 1130. The summed E-state index contributed by atoms with van der Waals surface area (Å²) in [5.74, 6) is -0.0511. The highest BCUT2D eigenvalue weighted by atomic mass is 32.2. The number of nitrogens with one attached hydrogen (secondary N) is 2. The molecule has 1 heterocycles. The van der Waals surface area contributed by atoms with Gasteiger partial charge in [-0.05, 0) is 73.5 Å². The number of aromatic hydroxyl groups is 2. The third kappa shape index (κ3) is 8.70. The molecule has 0 saturated heterocycles. The summed E-state index contributed by atoms with van der Waals surface area (Å²) in [6.45, 7) is 3.51. The molecule has 182 valence electrons. The average molecular weight is 531 g/mol. The Balaban J connectivity index is 1.39.